The predicted molar refractivity (Wildman–Crippen MR) is 174 cm³/mol. The number of aromatic nitrogens is 1. The second kappa shape index (κ2) is 15.4. The van der Waals surface area contributed by atoms with E-state index in [0.29, 0.717) is 30.1 Å². The summed E-state index contributed by atoms with van der Waals surface area (Å²) in [6.45, 7) is 11.7. The molecule has 1 fully saturated rings. The Kier molecular flexibility index (Phi) is 11.8. The van der Waals surface area contributed by atoms with Gasteiger partial charge in [-0.2, -0.15) is 0 Å². The molecule has 1 aliphatic rings. The molecule has 3 N–H and O–H groups in total. The van der Waals surface area contributed by atoms with Gasteiger partial charge >= 0.3 is 5.97 Å². The van der Waals surface area contributed by atoms with Crippen molar-refractivity contribution in [3.63, 3.8) is 0 Å². The van der Waals surface area contributed by atoms with Gasteiger partial charge in [0, 0.05) is 54.8 Å². The summed E-state index contributed by atoms with van der Waals surface area (Å²) in [5.41, 5.74) is 8.15. The van der Waals surface area contributed by atoms with E-state index in [4.69, 9.17) is 10.5 Å². The molecular weight excluding hydrogens is 594 g/mol. The first kappa shape index (κ1) is 34.7. The molecule has 4 rings (SSSR count). The number of nitrogens with two attached hydrogens (primary N) is 1. The molecule has 0 saturated heterocycles. The topological polar surface area (TPSA) is 97.5 Å². The molecule has 0 spiro atoms. The number of hydrogen-bond acceptors (Lipinski definition) is 7. The fourth-order valence-electron chi connectivity index (χ4n) is 5.59. The Labute approximate surface area is 269 Å². The number of hydrogen-bond donors (Lipinski definition) is 2. The third-order valence-electron chi connectivity index (χ3n) is 7.96. The van der Waals surface area contributed by atoms with E-state index in [0.717, 1.165) is 53.6 Å². The SMILES string of the molecule is CCCN(CCC)C(=O)c1cc(C)cc(C(=O)O[C@@H](CNC2(c3cnc(CC(C)C)s3)CC2)[C@H](N)Cc2cc(F)cc(F)c2)c1. The summed E-state index contributed by atoms with van der Waals surface area (Å²) in [7, 11) is 0. The Balaban J connectivity index is 1.55. The van der Waals surface area contributed by atoms with Crippen LogP contribution in [0.3, 0.4) is 0 Å². The molecule has 1 aliphatic carbocycles. The number of halogens is 2. The second-order valence-electron chi connectivity index (χ2n) is 12.6. The van der Waals surface area contributed by atoms with Gasteiger partial charge in [0.05, 0.1) is 16.1 Å². The van der Waals surface area contributed by atoms with Gasteiger partial charge in [0.15, 0.2) is 0 Å². The third kappa shape index (κ3) is 9.40. The van der Waals surface area contributed by atoms with Gasteiger partial charge in [-0.05, 0) is 86.4 Å². The molecule has 2 atom stereocenters. The Morgan fingerprint density at radius 3 is 2.27 bits per heavy atom. The van der Waals surface area contributed by atoms with E-state index >= 15 is 0 Å². The lowest BCUT2D eigenvalue weighted by molar-refractivity contribution is 0.0229. The van der Waals surface area contributed by atoms with Crippen LogP contribution in [0.2, 0.25) is 0 Å². The van der Waals surface area contributed by atoms with Crippen LogP contribution >= 0.6 is 11.3 Å². The first-order chi connectivity index (χ1) is 21.4. The molecule has 1 saturated carbocycles. The zero-order chi connectivity index (χ0) is 32.7. The Morgan fingerprint density at radius 2 is 1.67 bits per heavy atom. The Morgan fingerprint density at radius 1 is 1.02 bits per heavy atom. The number of ether oxygens (including phenoxy) is 1. The number of rotatable bonds is 16. The number of esters is 1. The summed E-state index contributed by atoms with van der Waals surface area (Å²) in [6, 6.07) is 7.57. The fraction of sp³-hybridized carbons (Fsp3) is 0.514. The Bertz CT molecular complexity index is 1450. The maximum atomic E-state index is 14.0. The van der Waals surface area contributed by atoms with Crippen molar-refractivity contribution in [3.8, 4) is 0 Å². The molecule has 244 valence electrons. The van der Waals surface area contributed by atoms with Crippen molar-refractivity contribution in [1.29, 1.82) is 0 Å². The summed E-state index contributed by atoms with van der Waals surface area (Å²) in [4.78, 5) is 34.5. The summed E-state index contributed by atoms with van der Waals surface area (Å²) in [6.07, 6.45) is 5.60. The van der Waals surface area contributed by atoms with E-state index in [2.05, 4.69) is 24.1 Å². The molecule has 0 unspecified atom stereocenters. The zero-order valence-electron chi connectivity index (χ0n) is 27.0. The maximum Gasteiger partial charge on any atom is 0.338 e. The highest BCUT2D eigenvalue weighted by Crippen LogP contribution is 2.47. The van der Waals surface area contributed by atoms with Gasteiger partial charge in [-0.1, -0.05) is 27.7 Å². The Hall–Kier alpha value is -3.21. The molecule has 0 radical (unpaired) electrons. The van der Waals surface area contributed by atoms with E-state index in [1.165, 1.54) is 12.1 Å². The number of carbonyl (C=O) groups excluding carboxylic acids is 2. The number of aryl methyl sites for hydroxylation is 1. The van der Waals surface area contributed by atoms with Gasteiger partial charge in [-0.15, -0.1) is 11.3 Å². The molecule has 1 amide bonds. The molecule has 45 heavy (non-hydrogen) atoms. The monoisotopic (exact) mass is 640 g/mol. The van der Waals surface area contributed by atoms with Gasteiger partial charge in [0.25, 0.3) is 5.91 Å². The average molecular weight is 641 g/mol. The smallest absolute Gasteiger partial charge is 0.338 e. The van der Waals surface area contributed by atoms with Crippen LogP contribution in [0.5, 0.6) is 0 Å². The summed E-state index contributed by atoms with van der Waals surface area (Å²) in [5, 5.41) is 4.67. The quantitative estimate of drug-likeness (QED) is 0.172. The number of nitrogens with one attached hydrogen (secondary N) is 1. The normalized spacial score (nSPS) is 15.1. The highest BCUT2D eigenvalue weighted by Gasteiger charge is 2.46. The first-order valence-corrected chi connectivity index (χ1v) is 16.8. The number of carbonyl (C=O) groups is 2. The van der Waals surface area contributed by atoms with Crippen molar-refractivity contribution in [2.75, 3.05) is 19.6 Å². The summed E-state index contributed by atoms with van der Waals surface area (Å²) < 4.78 is 34.0. The lowest BCUT2D eigenvalue weighted by Crippen LogP contribution is -2.48. The number of nitrogens with zero attached hydrogens (tertiary/aromatic N) is 2. The van der Waals surface area contributed by atoms with E-state index < -0.39 is 29.7 Å². The molecular formula is C35H46F2N4O3S. The number of thiazole rings is 1. The largest absolute Gasteiger partial charge is 0.456 e. The third-order valence-corrected chi connectivity index (χ3v) is 9.19. The van der Waals surface area contributed by atoms with Crippen LogP contribution in [0.4, 0.5) is 8.78 Å². The summed E-state index contributed by atoms with van der Waals surface area (Å²) in [5.74, 6) is -1.63. The maximum absolute atomic E-state index is 14.0. The average Bonchev–Trinajstić information content (AvgIpc) is 3.62. The highest BCUT2D eigenvalue weighted by atomic mass is 32.1. The van der Waals surface area contributed by atoms with Crippen LogP contribution < -0.4 is 11.1 Å². The van der Waals surface area contributed by atoms with Crippen LogP contribution in [-0.4, -0.2) is 53.5 Å². The predicted octanol–water partition coefficient (Wildman–Crippen LogP) is 6.56. The summed E-state index contributed by atoms with van der Waals surface area (Å²) >= 11 is 1.69. The molecule has 10 heteroatoms. The van der Waals surface area contributed by atoms with E-state index in [9.17, 15) is 18.4 Å². The van der Waals surface area contributed by atoms with Crippen molar-refractivity contribution in [2.45, 2.75) is 90.8 Å². The number of amides is 1. The standard InChI is InChI=1S/C35H46F2N4O3S/c1-6-10-41(11-7-2)33(42)25-13-23(5)14-26(18-25)34(43)44-30(29(38)17-24-15-27(36)19-28(37)16-24)20-40-35(8-9-35)31-21-39-32(45-31)12-22(3)4/h13-16,18-19,21-22,29-30,40H,6-12,17,20,38H2,1-5H3/t29-,30+/m1/s1. The van der Waals surface area contributed by atoms with Gasteiger partial charge in [0.2, 0.25) is 0 Å². The number of benzene rings is 2. The minimum atomic E-state index is -0.819. The van der Waals surface area contributed by atoms with Crippen molar-refractivity contribution in [2.24, 2.45) is 11.7 Å². The van der Waals surface area contributed by atoms with Crippen molar-refractivity contribution < 1.29 is 23.1 Å². The van der Waals surface area contributed by atoms with Gasteiger partial charge < -0.3 is 20.7 Å². The van der Waals surface area contributed by atoms with E-state index in [1.807, 2.05) is 27.0 Å². The molecule has 7 nitrogen and oxygen atoms in total. The van der Waals surface area contributed by atoms with Crippen molar-refractivity contribution >= 4 is 23.2 Å². The van der Waals surface area contributed by atoms with E-state index in [-0.39, 0.29) is 30.0 Å². The molecule has 0 bridgehead atoms. The molecule has 1 heterocycles. The van der Waals surface area contributed by atoms with Gasteiger partial charge in [0.1, 0.15) is 17.7 Å². The van der Waals surface area contributed by atoms with E-state index in [1.54, 1.807) is 34.4 Å². The lowest BCUT2D eigenvalue weighted by Gasteiger charge is -2.27. The first-order valence-electron chi connectivity index (χ1n) is 16.0. The minimum absolute atomic E-state index is 0.0982. The van der Waals surface area contributed by atoms with Crippen molar-refractivity contribution in [1.82, 2.24) is 15.2 Å². The van der Waals surface area contributed by atoms with Gasteiger partial charge in [-0.3, -0.25) is 4.79 Å². The van der Waals surface area contributed by atoms with Crippen LogP contribution in [0, 0.1) is 24.5 Å². The molecule has 1 aromatic heterocycles. The van der Waals surface area contributed by atoms with Crippen LogP contribution in [-0.2, 0) is 23.1 Å². The van der Waals surface area contributed by atoms with Crippen molar-refractivity contribution in [3.05, 3.63) is 86.4 Å². The molecule has 2 aromatic carbocycles. The second-order valence-corrected chi connectivity index (χ2v) is 13.8. The molecule has 3 aromatic rings. The van der Waals surface area contributed by atoms with Gasteiger partial charge in [-0.25, -0.2) is 18.6 Å². The van der Waals surface area contributed by atoms with Crippen LogP contribution in [0.25, 0.3) is 0 Å². The fourth-order valence-corrected chi connectivity index (χ4v) is 6.94. The highest BCUT2D eigenvalue weighted by molar-refractivity contribution is 7.11. The van der Waals surface area contributed by atoms with Crippen LogP contribution in [0.15, 0.2) is 42.6 Å². The lowest BCUT2D eigenvalue weighted by atomic mass is 10.0. The van der Waals surface area contributed by atoms with Crippen LogP contribution in [0.1, 0.15) is 95.1 Å². The zero-order valence-corrected chi connectivity index (χ0v) is 27.8. The molecule has 0 aliphatic heterocycles. The minimum Gasteiger partial charge on any atom is -0.456 e.